The van der Waals surface area contributed by atoms with Gasteiger partial charge in [0.05, 0.1) is 18.1 Å². The monoisotopic (exact) mass is 380 g/mol. The highest BCUT2D eigenvalue weighted by Crippen LogP contribution is 2.41. The van der Waals surface area contributed by atoms with Crippen molar-refractivity contribution in [1.29, 1.82) is 5.26 Å². The van der Waals surface area contributed by atoms with E-state index in [1.165, 1.54) is 0 Å². The normalized spacial score (nSPS) is 16.6. The molecule has 27 heavy (non-hydrogen) atoms. The zero-order valence-corrected chi connectivity index (χ0v) is 15.4. The van der Waals surface area contributed by atoms with E-state index in [4.69, 9.17) is 26.8 Å². The molecule has 2 N–H and O–H groups in total. The Balaban J connectivity index is 2.19. The van der Waals surface area contributed by atoms with Crippen LogP contribution in [0.15, 0.2) is 77.6 Å². The van der Waals surface area contributed by atoms with Crippen molar-refractivity contribution in [3.8, 4) is 6.07 Å². The minimum absolute atomic E-state index is 0.00656. The van der Waals surface area contributed by atoms with E-state index in [1.807, 2.05) is 6.07 Å². The molecule has 3 rings (SSSR count). The van der Waals surface area contributed by atoms with Gasteiger partial charge in [0.1, 0.15) is 11.6 Å². The average Bonchev–Trinajstić information content (AvgIpc) is 2.68. The number of hydrogen-bond donors (Lipinski definition) is 1. The van der Waals surface area contributed by atoms with Gasteiger partial charge in [-0.3, -0.25) is 4.79 Å². The molecule has 0 saturated heterocycles. The first kappa shape index (κ1) is 18.6. The molecule has 0 radical (unpaired) electrons. The Kier molecular flexibility index (Phi) is 5.49. The summed E-state index contributed by atoms with van der Waals surface area (Å²) in [5.41, 5.74) is 7.56. The standard InChI is InChI=1S/C21H17ClN2O3/c1-2-26-21-16(12-23)17(14-9-6-10-15(22)11-14)18(20(24)27-21)19(25)13-7-4-3-5-8-13/h3-11,17H,2,24H2,1H3/t17-/m1/s1. The number of Topliss-reactive ketones (excluding diaryl/α,β-unsaturated/α-hetero) is 1. The van der Waals surface area contributed by atoms with E-state index < -0.39 is 5.92 Å². The summed E-state index contributed by atoms with van der Waals surface area (Å²) in [6.45, 7) is 2.06. The largest absolute Gasteiger partial charge is 0.465 e. The molecular weight excluding hydrogens is 364 g/mol. The van der Waals surface area contributed by atoms with Crippen LogP contribution in [0.2, 0.25) is 5.02 Å². The van der Waals surface area contributed by atoms with E-state index in [-0.39, 0.29) is 35.4 Å². The fraction of sp³-hybridized carbons (Fsp3) is 0.143. The van der Waals surface area contributed by atoms with Gasteiger partial charge < -0.3 is 15.2 Å². The van der Waals surface area contributed by atoms with Gasteiger partial charge in [0, 0.05) is 10.6 Å². The van der Waals surface area contributed by atoms with Crippen LogP contribution in [0.3, 0.4) is 0 Å². The van der Waals surface area contributed by atoms with Crippen LogP contribution >= 0.6 is 11.6 Å². The molecule has 0 bridgehead atoms. The zero-order valence-electron chi connectivity index (χ0n) is 14.6. The van der Waals surface area contributed by atoms with Gasteiger partial charge in [-0.15, -0.1) is 0 Å². The highest BCUT2D eigenvalue weighted by Gasteiger charge is 2.38. The van der Waals surface area contributed by atoms with Gasteiger partial charge in [-0.1, -0.05) is 54.1 Å². The van der Waals surface area contributed by atoms with E-state index in [9.17, 15) is 10.1 Å². The van der Waals surface area contributed by atoms with Crippen molar-refractivity contribution in [3.05, 3.63) is 93.7 Å². The van der Waals surface area contributed by atoms with E-state index in [2.05, 4.69) is 6.07 Å². The molecule has 0 amide bonds. The first-order valence-corrected chi connectivity index (χ1v) is 8.74. The molecule has 1 heterocycles. The zero-order chi connectivity index (χ0) is 19.4. The van der Waals surface area contributed by atoms with Gasteiger partial charge in [-0.2, -0.15) is 5.26 Å². The first-order chi connectivity index (χ1) is 13.1. The molecule has 1 atom stereocenters. The average molecular weight is 381 g/mol. The topological polar surface area (TPSA) is 85.3 Å². The summed E-state index contributed by atoms with van der Waals surface area (Å²) in [6, 6.07) is 17.8. The number of benzene rings is 2. The second-order valence-electron chi connectivity index (χ2n) is 5.81. The van der Waals surface area contributed by atoms with Crippen LogP contribution in [0.25, 0.3) is 0 Å². The van der Waals surface area contributed by atoms with E-state index >= 15 is 0 Å². The molecule has 2 aromatic rings. The molecule has 1 aliphatic heterocycles. The third-order valence-electron chi connectivity index (χ3n) is 4.12. The summed E-state index contributed by atoms with van der Waals surface area (Å²) in [5, 5.41) is 10.3. The molecule has 0 unspecified atom stereocenters. The van der Waals surface area contributed by atoms with E-state index in [1.54, 1.807) is 55.5 Å². The van der Waals surface area contributed by atoms with Gasteiger partial charge in [-0.05, 0) is 24.6 Å². The maximum atomic E-state index is 13.2. The second-order valence-corrected chi connectivity index (χ2v) is 6.25. The van der Waals surface area contributed by atoms with Crippen molar-refractivity contribution < 1.29 is 14.3 Å². The second kappa shape index (κ2) is 7.98. The van der Waals surface area contributed by atoms with Gasteiger partial charge in [0.2, 0.25) is 5.88 Å². The van der Waals surface area contributed by atoms with Gasteiger partial charge in [0.25, 0.3) is 0 Å². The molecule has 0 aromatic heterocycles. The summed E-state index contributed by atoms with van der Waals surface area (Å²) in [5.74, 6) is -1.14. The van der Waals surface area contributed by atoms with Crippen molar-refractivity contribution in [2.24, 2.45) is 5.73 Å². The van der Waals surface area contributed by atoms with Crippen LogP contribution in [0.1, 0.15) is 28.8 Å². The van der Waals surface area contributed by atoms with Crippen LogP contribution in [0.5, 0.6) is 0 Å². The van der Waals surface area contributed by atoms with Crippen molar-refractivity contribution in [2.45, 2.75) is 12.8 Å². The molecule has 6 heteroatoms. The summed E-state index contributed by atoms with van der Waals surface area (Å²) in [7, 11) is 0. The van der Waals surface area contributed by atoms with Crippen LogP contribution in [-0.2, 0) is 9.47 Å². The lowest BCUT2D eigenvalue weighted by Gasteiger charge is -2.27. The molecule has 0 saturated carbocycles. The van der Waals surface area contributed by atoms with E-state index in [0.29, 0.717) is 16.1 Å². The molecule has 2 aromatic carbocycles. The van der Waals surface area contributed by atoms with Crippen molar-refractivity contribution in [2.75, 3.05) is 6.61 Å². The summed E-state index contributed by atoms with van der Waals surface area (Å²) in [6.07, 6.45) is 0. The number of ether oxygens (including phenoxy) is 2. The number of nitriles is 1. The Morgan fingerprint density at radius 1 is 1.26 bits per heavy atom. The molecule has 0 spiro atoms. The molecule has 0 aliphatic carbocycles. The van der Waals surface area contributed by atoms with Crippen molar-refractivity contribution in [3.63, 3.8) is 0 Å². The van der Waals surface area contributed by atoms with Crippen LogP contribution < -0.4 is 5.73 Å². The Hall–Kier alpha value is -3.23. The minimum Gasteiger partial charge on any atom is -0.465 e. The Labute approximate surface area is 162 Å². The van der Waals surface area contributed by atoms with Crippen molar-refractivity contribution >= 4 is 17.4 Å². The highest BCUT2D eigenvalue weighted by molar-refractivity contribution is 6.30. The third kappa shape index (κ3) is 3.67. The third-order valence-corrected chi connectivity index (χ3v) is 4.36. The number of hydrogen-bond acceptors (Lipinski definition) is 5. The number of ketones is 1. The van der Waals surface area contributed by atoms with Crippen LogP contribution in [-0.4, -0.2) is 12.4 Å². The Morgan fingerprint density at radius 3 is 2.63 bits per heavy atom. The Bertz CT molecular complexity index is 974. The maximum Gasteiger partial charge on any atom is 0.301 e. The predicted molar refractivity (Wildman–Crippen MR) is 102 cm³/mol. The fourth-order valence-corrected chi connectivity index (χ4v) is 3.17. The van der Waals surface area contributed by atoms with Gasteiger partial charge in [0.15, 0.2) is 5.78 Å². The number of rotatable bonds is 5. The molecule has 136 valence electrons. The maximum absolute atomic E-state index is 13.2. The summed E-state index contributed by atoms with van der Waals surface area (Å²) < 4.78 is 11.0. The minimum atomic E-state index is -0.739. The van der Waals surface area contributed by atoms with Gasteiger partial charge in [-0.25, -0.2) is 0 Å². The van der Waals surface area contributed by atoms with Crippen LogP contribution in [0.4, 0.5) is 0 Å². The van der Waals surface area contributed by atoms with Crippen LogP contribution in [0, 0.1) is 11.3 Å². The predicted octanol–water partition coefficient (Wildman–Crippen LogP) is 4.28. The number of nitrogens with two attached hydrogens (primary N) is 1. The fourth-order valence-electron chi connectivity index (χ4n) is 2.97. The number of nitrogens with zero attached hydrogens (tertiary/aromatic N) is 1. The molecule has 5 nitrogen and oxygen atoms in total. The highest BCUT2D eigenvalue weighted by atomic mass is 35.5. The van der Waals surface area contributed by atoms with Crippen molar-refractivity contribution in [1.82, 2.24) is 0 Å². The molecule has 0 fully saturated rings. The number of carbonyl (C=O) groups is 1. The summed E-state index contributed by atoms with van der Waals surface area (Å²) >= 11 is 6.14. The quantitative estimate of drug-likeness (QED) is 0.782. The molecular formula is C21H17ClN2O3. The number of allylic oxidation sites excluding steroid dienone is 2. The van der Waals surface area contributed by atoms with Gasteiger partial charge >= 0.3 is 5.95 Å². The lowest BCUT2D eigenvalue weighted by atomic mass is 9.81. The lowest BCUT2D eigenvalue weighted by molar-refractivity contribution is 0.0632. The SMILES string of the molecule is CCOC1=C(C#N)[C@@H](c2cccc(Cl)c2)C(C(=O)c2ccccc2)=C(N)O1. The smallest absolute Gasteiger partial charge is 0.301 e. The number of carbonyl (C=O) groups excluding carboxylic acids is 1. The first-order valence-electron chi connectivity index (χ1n) is 8.36. The number of halogens is 1. The lowest BCUT2D eigenvalue weighted by Crippen LogP contribution is -2.26. The summed E-state index contributed by atoms with van der Waals surface area (Å²) in [4.78, 5) is 13.2. The Morgan fingerprint density at radius 2 is 2.00 bits per heavy atom. The molecule has 1 aliphatic rings. The van der Waals surface area contributed by atoms with E-state index in [0.717, 1.165) is 0 Å².